The highest BCUT2D eigenvalue weighted by Gasteiger charge is 2.25. The van der Waals surface area contributed by atoms with E-state index in [-0.39, 0.29) is 0 Å². The Morgan fingerprint density at radius 1 is 1.38 bits per heavy atom. The van der Waals surface area contributed by atoms with Gasteiger partial charge in [0.2, 0.25) is 0 Å². The molecule has 94 valence electrons. The van der Waals surface area contributed by atoms with E-state index >= 15 is 0 Å². The average molecular weight is 226 g/mol. The van der Waals surface area contributed by atoms with E-state index in [0.29, 0.717) is 6.10 Å². The van der Waals surface area contributed by atoms with Crippen molar-refractivity contribution < 1.29 is 4.74 Å². The molecule has 0 bridgehead atoms. The minimum absolute atomic E-state index is 0.553. The predicted molar refractivity (Wildman–Crippen MR) is 66.7 cm³/mol. The first-order valence-corrected chi connectivity index (χ1v) is 6.81. The fraction of sp³-hybridized carbons (Fsp3) is 1.00. The molecule has 2 fully saturated rings. The summed E-state index contributed by atoms with van der Waals surface area (Å²) >= 11 is 0. The Morgan fingerprint density at radius 2 is 2.25 bits per heavy atom. The number of piperidine rings is 1. The van der Waals surface area contributed by atoms with Crippen LogP contribution >= 0.6 is 0 Å². The molecule has 2 saturated heterocycles. The zero-order chi connectivity index (χ0) is 11.4. The summed E-state index contributed by atoms with van der Waals surface area (Å²) in [5.74, 6) is 0.781. The minimum Gasteiger partial charge on any atom is -0.378 e. The van der Waals surface area contributed by atoms with Crippen molar-refractivity contribution >= 4 is 0 Å². The van der Waals surface area contributed by atoms with Gasteiger partial charge in [0.05, 0.1) is 6.10 Å². The number of ether oxygens (including phenoxy) is 1. The number of hydrogen-bond donors (Lipinski definition) is 1. The van der Waals surface area contributed by atoms with Gasteiger partial charge in [0.25, 0.3) is 0 Å². The Balaban J connectivity index is 1.67. The standard InChI is InChI=1S/C13H26N2O/c1-11-10-15(8-6-13(11)14-2)7-5-12-4-3-9-16-12/h11-14H,3-10H2,1-2H3. The molecule has 3 unspecified atom stereocenters. The van der Waals surface area contributed by atoms with Crippen molar-refractivity contribution in [3.63, 3.8) is 0 Å². The number of likely N-dealkylation sites (tertiary alicyclic amines) is 1. The largest absolute Gasteiger partial charge is 0.378 e. The van der Waals surface area contributed by atoms with Crippen LogP contribution in [-0.4, -0.2) is 50.3 Å². The lowest BCUT2D eigenvalue weighted by Crippen LogP contribution is -2.47. The lowest BCUT2D eigenvalue weighted by molar-refractivity contribution is 0.0798. The molecular weight excluding hydrogens is 200 g/mol. The lowest BCUT2D eigenvalue weighted by Gasteiger charge is -2.37. The SMILES string of the molecule is CNC1CCN(CCC2CCCO2)CC1C. The molecule has 16 heavy (non-hydrogen) atoms. The number of rotatable bonds is 4. The third-order valence-corrected chi connectivity index (χ3v) is 4.15. The highest BCUT2D eigenvalue weighted by Crippen LogP contribution is 2.19. The molecule has 0 radical (unpaired) electrons. The summed E-state index contributed by atoms with van der Waals surface area (Å²) in [5, 5.41) is 3.42. The molecule has 3 nitrogen and oxygen atoms in total. The molecule has 3 heteroatoms. The van der Waals surface area contributed by atoms with Crippen LogP contribution in [0.4, 0.5) is 0 Å². The Morgan fingerprint density at radius 3 is 2.88 bits per heavy atom. The van der Waals surface area contributed by atoms with Crippen LogP contribution in [0.5, 0.6) is 0 Å². The van der Waals surface area contributed by atoms with Crippen LogP contribution in [0.2, 0.25) is 0 Å². The van der Waals surface area contributed by atoms with Crippen LogP contribution in [0.25, 0.3) is 0 Å². The Bertz CT molecular complexity index is 204. The van der Waals surface area contributed by atoms with Gasteiger partial charge in [-0.05, 0) is 45.2 Å². The van der Waals surface area contributed by atoms with E-state index in [1.54, 1.807) is 0 Å². The maximum atomic E-state index is 5.67. The van der Waals surface area contributed by atoms with Gasteiger partial charge in [0, 0.05) is 25.7 Å². The zero-order valence-electron chi connectivity index (χ0n) is 10.7. The minimum atomic E-state index is 0.553. The van der Waals surface area contributed by atoms with Gasteiger partial charge in [-0.3, -0.25) is 0 Å². The quantitative estimate of drug-likeness (QED) is 0.786. The third kappa shape index (κ3) is 3.19. The van der Waals surface area contributed by atoms with Gasteiger partial charge < -0.3 is 15.0 Å². The highest BCUT2D eigenvalue weighted by atomic mass is 16.5. The summed E-state index contributed by atoms with van der Waals surface area (Å²) in [6.07, 6.45) is 5.63. The molecule has 2 rings (SSSR count). The van der Waals surface area contributed by atoms with Crippen molar-refractivity contribution in [2.24, 2.45) is 5.92 Å². The molecular formula is C13H26N2O. The second-order valence-electron chi connectivity index (χ2n) is 5.39. The van der Waals surface area contributed by atoms with E-state index in [0.717, 1.165) is 18.6 Å². The Kier molecular flexibility index (Phi) is 4.62. The molecule has 0 aromatic rings. The molecule has 0 aromatic carbocycles. The van der Waals surface area contributed by atoms with Gasteiger partial charge in [0.1, 0.15) is 0 Å². The smallest absolute Gasteiger partial charge is 0.0588 e. The van der Waals surface area contributed by atoms with Crippen molar-refractivity contribution in [2.75, 3.05) is 33.3 Å². The van der Waals surface area contributed by atoms with Crippen LogP contribution in [0.3, 0.4) is 0 Å². The molecule has 0 saturated carbocycles. The van der Waals surface area contributed by atoms with Crippen molar-refractivity contribution in [3.8, 4) is 0 Å². The lowest BCUT2D eigenvalue weighted by atomic mass is 9.94. The van der Waals surface area contributed by atoms with Crippen LogP contribution in [0.1, 0.15) is 32.6 Å². The van der Waals surface area contributed by atoms with Gasteiger partial charge in [-0.15, -0.1) is 0 Å². The molecule has 2 aliphatic heterocycles. The molecule has 2 heterocycles. The first kappa shape index (κ1) is 12.3. The van der Waals surface area contributed by atoms with Crippen molar-refractivity contribution in [2.45, 2.75) is 44.8 Å². The first-order chi connectivity index (χ1) is 7.79. The highest BCUT2D eigenvalue weighted by molar-refractivity contribution is 4.82. The van der Waals surface area contributed by atoms with Gasteiger partial charge in [-0.25, -0.2) is 0 Å². The summed E-state index contributed by atoms with van der Waals surface area (Å²) < 4.78 is 5.67. The van der Waals surface area contributed by atoms with Crippen molar-refractivity contribution in [3.05, 3.63) is 0 Å². The van der Waals surface area contributed by atoms with Gasteiger partial charge in [-0.1, -0.05) is 6.92 Å². The zero-order valence-corrected chi connectivity index (χ0v) is 10.7. The molecule has 3 atom stereocenters. The fourth-order valence-electron chi connectivity index (χ4n) is 3.06. The van der Waals surface area contributed by atoms with Crippen LogP contribution < -0.4 is 5.32 Å². The maximum absolute atomic E-state index is 5.67. The number of hydrogen-bond acceptors (Lipinski definition) is 3. The number of nitrogens with zero attached hydrogens (tertiary/aromatic N) is 1. The molecule has 0 aliphatic carbocycles. The van der Waals surface area contributed by atoms with E-state index in [2.05, 4.69) is 24.2 Å². The molecule has 0 amide bonds. The van der Waals surface area contributed by atoms with E-state index in [4.69, 9.17) is 4.74 Å². The third-order valence-electron chi connectivity index (χ3n) is 4.15. The van der Waals surface area contributed by atoms with Crippen LogP contribution in [0, 0.1) is 5.92 Å². The van der Waals surface area contributed by atoms with Crippen molar-refractivity contribution in [1.82, 2.24) is 10.2 Å². The predicted octanol–water partition coefficient (Wildman–Crippen LogP) is 1.49. The van der Waals surface area contributed by atoms with Crippen LogP contribution in [0.15, 0.2) is 0 Å². The first-order valence-electron chi connectivity index (χ1n) is 6.81. The summed E-state index contributed by atoms with van der Waals surface area (Å²) in [7, 11) is 2.09. The maximum Gasteiger partial charge on any atom is 0.0588 e. The van der Waals surface area contributed by atoms with Crippen molar-refractivity contribution in [1.29, 1.82) is 0 Å². The van der Waals surface area contributed by atoms with E-state index in [9.17, 15) is 0 Å². The number of nitrogens with one attached hydrogen (secondary N) is 1. The summed E-state index contributed by atoms with van der Waals surface area (Å²) in [6.45, 7) is 7.08. The van der Waals surface area contributed by atoms with Gasteiger partial charge >= 0.3 is 0 Å². The molecule has 0 aromatic heterocycles. The van der Waals surface area contributed by atoms with Gasteiger partial charge in [0.15, 0.2) is 0 Å². The molecule has 2 aliphatic rings. The van der Waals surface area contributed by atoms with E-state index < -0.39 is 0 Å². The fourth-order valence-corrected chi connectivity index (χ4v) is 3.06. The monoisotopic (exact) mass is 226 g/mol. The summed E-state index contributed by atoms with van der Waals surface area (Å²) in [6, 6.07) is 0.721. The van der Waals surface area contributed by atoms with E-state index in [1.807, 2.05) is 0 Å². The Labute approximate surface area is 99.5 Å². The Hall–Kier alpha value is -0.120. The normalized spacial score (nSPS) is 36.8. The second-order valence-corrected chi connectivity index (χ2v) is 5.39. The summed E-state index contributed by atoms with van der Waals surface area (Å²) in [5.41, 5.74) is 0. The van der Waals surface area contributed by atoms with Gasteiger partial charge in [-0.2, -0.15) is 0 Å². The average Bonchev–Trinajstić information content (AvgIpc) is 2.79. The summed E-state index contributed by atoms with van der Waals surface area (Å²) in [4.78, 5) is 2.61. The topological polar surface area (TPSA) is 24.5 Å². The molecule has 1 N–H and O–H groups in total. The second kappa shape index (κ2) is 5.99. The van der Waals surface area contributed by atoms with E-state index in [1.165, 1.54) is 45.3 Å². The van der Waals surface area contributed by atoms with Crippen LogP contribution in [-0.2, 0) is 4.74 Å². The molecule has 0 spiro atoms.